The third-order valence-corrected chi connectivity index (χ3v) is 6.73. The van der Waals surface area contributed by atoms with Crippen LogP contribution in [0.2, 0.25) is 0 Å². The fourth-order valence-corrected chi connectivity index (χ4v) is 5.01. The van der Waals surface area contributed by atoms with Crippen molar-refractivity contribution in [1.29, 1.82) is 0 Å². The van der Waals surface area contributed by atoms with E-state index in [9.17, 15) is 9.18 Å². The molecule has 7 heteroatoms. The van der Waals surface area contributed by atoms with Crippen molar-refractivity contribution < 1.29 is 13.9 Å². The first-order valence-corrected chi connectivity index (χ1v) is 11.7. The molecule has 2 aliphatic heterocycles. The summed E-state index contributed by atoms with van der Waals surface area (Å²) in [6, 6.07) is 10.8. The maximum atomic E-state index is 14.5. The van der Waals surface area contributed by atoms with E-state index in [0.717, 1.165) is 61.2 Å². The Bertz CT molecular complexity index is 1170. The highest BCUT2D eigenvalue weighted by molar-refractivity contribution is 5.95. The largest absolute Gasteiger partial charge is 0.453 e. The number of nitrogens with one attached hydrogen (secondary N) is 1. The molecule has 0 bridgehead atoms. The van der Waals surface area contributed by atoms with E-state index in [4.69, 9.17) is 4.74 Å². The highest BCUT2D eigenvalue weighted by atomic mass is 19.1. The number of hydrogen-bond donors (Lipinski definition) is 1. The molecule has 172 valence electrons. The van der Waals surface area contributed by atoms with Crippen LogP contribution in [0.4, 0.5) is 10.1 Å². The number of para-hydroxylation sites is 1. The molecule has 0 unspecified atom stereocenters. The summed E-state index contributed by atoms with van der Waals surface area (Å²) in [4.78, 5) is 14.3. The molecule has 1 fully saturated rings. The fraction of sp³-hybridized carbons (Fsp3) is 0.385. The van der Waals surface area contributed by atoms with Gasteiger partial charge in [0.1, 0.15) is 5.75 Å². The molecule has 5 rings (SSSR count). The molecule has 1 aromatic heterocycles. The van der Waals surface area contributed by atoms with E-state index >= 15 is 0 Å². The summed E-state index contributed by atoms with van der Waals surface area (Å²) in [7, 11) is 0. The number of aromatic nitrogens is 2. The molecule has 3 heterocycles. The zero-order chi connectivity index (χ0) is 22.9. The first-order valence-electron chi connectivity index (χ1n) is 11.7. The third kappa shape index (κ3) is 4.13. The Labute approximate surface area is 193 Å². The van der Waals surface area contributed by atoms with Gasteiger partial charge in [-0.1, -0.05) is 12.1 Å². The summed E-state index contributed by atoms with van der Waals surface area (Å²) in [6.45, 7) is 5.61. The molecule has 0 radical (unpaired) electrons. The summed E-state index contributed by atoms with van der Waals surface area (Å²) in [6.07, 6.45) is 7.55. The van der Waals surface area contributed by atoms with Crippen molar-refractivity contribution >= 4 is 11.6 Å². The van der Waals surface area contributed by atoms with Crippen molar-refractivity contribution in [3.05, 3.63) is 60.2 Å². The van der Waals surface area contributed by atoms with Gasteiger partial charge in [-0.25, -0.2) is 4.39 Å². The van der Waals surface area contributed by atoms with Gasteiger partial charge in [0.2, 0.25) is 5.91 Å². The molecule has 0 spiro atoms. The molecule has 1 amide bonds. The zero-order valence-electron chi connectivity index (χ0n) is 19.1. The van der Waals surface area contributed by atoms with Gasteiger partial charge < -0.3 is 15.0 Å². The summed E-state index contributed by atoms with van der Waals surface area (Å²) in [5, 5.41) is 8.03. The fourth-order valence-electron chi connectivity index (χ4n) is 5.01. The Morgan fingerprint density at radius 1 is 1.15 bits per heavy atom. The lowest BCUT2D eigenvalue weighted by molar-refractivity contribution is -0.117. The number of benzene rings is 2. The minimum atomic E-state index is -0.418. The Balaban J connectivity index is 1.61. The van der Waals surface area contributed by atoms with Crippen LogP contribution in [0.3, 0.4) is 0 Å². The van der Waals surface area contributed by atoms with Crippen molar-refractivity contribution in [2.75, 3.05) is 18.0 Å². The maximum Gasteiger partial charge on any atom is 0.224 e. The first-order chi connectivity index (χ1) is 16.0. The molecule has 0 aliphatic carbocycles. The van der Waals surface area contributed by atoms with Gasteiger partial charge in [0.25, 0.3) is 0 Å². The second kappa shape index (κ2) is 8.98. The normalized spacial score (nSPS) is 18.8. The second-order valence-electron chi connectivity index (χ2n) is 8.94. The molecule has 1 N–H and O–H groups in total. The molecule has 3 aromatic rings. The van der Waals surface area contributed by atoms with Crippen LogP contribution < -0.4 is 15.0 Å². The van der Waals surface area contributed by atoms with Crippen molar-refractivity contribution in [2.45, 2.75) is 51.6 Å². The van der Waals surface area contributed by atoms with Gasteiger partial charge in [-0.2, -0.15) is 5.10 Å². The predicted molar refractivity (Wildman–Crippen MR) is 126 cm³/mol. The molecule has 2 aliphatic rings. The van der Waals surface area contributed by atoms with E-state index in [-0.39, 0.29) is 17.7 Å². The highest BCUT2D eigenvalue weighted by Crippen LogP contribution is 2.45. The number of rotatable bonds is 4. The molecule has 2 aromatic carbocycles. The van der Waals surface area contributed by atoms with Gasteiger partial charge in [0, 0.05) is 35.9 Å². The van der Waals surface area contributed by atoms with Gasteiger partial charge in [0.15, 0.2) is 11.6 Å². The van der Waals surface area contributed by atoms with Crippen LogP contribution in [0.5, 0.6) is 11.5 Å². The van der Waals surface area contributed by atoms with Crippen LogP contribution in [-0.2, 0) is 11.2 Å². The summed E-state index contributed by atoms with van der Waals surface area (Å²) in [5.41, 5.74) is 3.55. The molecule has 1 saturated heterocycles. The topological polar surface area (TPSA) is 59.4 Å². The van der Waals surface area contributed by atoms with Crippen LogP contribution in [-0.4, -0.2) is 34.8 Å². The zero-order valence-corrected chi connectivity index (χ0v) is 19.1. The maximum absolute atomic E-state index is 14.5. The number of hydrogen-bond acceptors (Lipinski definition) is 4. The van der Waals surface area contributed by atoms with Crippen molar-refractivity contribution in [3.63, 3.8) is 0 Å². The minimum Gasteiger partial charge on any atom is -0.453 e. The number of anilines is 1. The predicted octanol–water partition coefficient (Wildman–Crippen LogP) is 5.09. The van der Waals surface area contributed by atoms with Crippen molar-refractivity contribution in [1.82, 2.24) is 15.1 Å². The van der Waals surface area contributed by atoms with E-state index < -0.39 is 5.82 Å². The van der Waals surface area contributed by atoms with Gasteiger partial charge in [0.05, 0.1) is 17.9 Å². The Morgan fingerprint density at radius 2 is 1.94 bits per heavy atom. The second-order valence-corrected chi connectivity index (χ2v) is 8.94. The number of halogens is 1. The molecule has 33 heavy (non-hydrogen) atoms. The van der Waals surface area contributed by atoms with E-state index in [1.165, 1.54) is 6.07 Å². The monoisotopic (exact) mass is 448 g/mol. The molecule has 6 nitrogen and oxygen atoms in total. The average molecular weight is 449 g/mol. The average Bonchev–Trinajstić information content (AvgIpc) is 3.31. The Kier molecular flexibility index (Phi) is 5.89. The van der Waals surface area contributed by atoms with Gasteiger partial charge in [-0.3, -0.25) is 9.48 Å². The quantitative estimate of drug-likeness (QED) is 0.604. The van der Waals surface area contributed by atoms with E-state index in [1.54, 1.807) is 25.1 Å². The third-order valence-electron chi connectivity index (χ3n) is 6.73. The van der Waals surface area contributed by atoms with Gasteiger partial charge in [-0.05, 0) is 70.0 Å². The number of piperidine rings is 1. The van der Waals surface area contributed by atoms with E-state index in [0.29, 0.717) is 11.8 Å². The van der Waals surface area contributed by atoms with Crippen molar-refractivity contribution in [2.24, 2.45) is 0 Å². The summed E-state index contributed by atoms with van der Waals surface area (Å²) in [5.74, 6) is 0.345. The van der Waals surface area contributed by atoms with Crippen LogP contribution in [0, 0.1) is 5.82 Å². The SMILES string of the molecule is CC(=O)N1c2ccc(-c3cnn(C4CCNCC4)c3)c(Oc3ccccc3F)c2CC[C@@H]1C. The van der Waals surface area contributed by atoms with Crippen molar-refractivity contribution in [3.8, 4) is 22.6 Å². The number of carbonyl (C=O) groups is 1. The number of nitrogens with zero attached hydrogens (tertiary/aromatic N) is 3. The minimum absolute atomic E-state index is 0.00762. The number of amides is 1. The lowest BCUT2D eigenvalue weighted by Gasteiger charge is -2.36. The lowest BCUT2D eigenvalue weighted by atomic mass is 9.92. The van der Waals surface area contributed by atoms with E-state index in [1.807, 2.05) is 27.9 Å². The molecule has 1 atom stereocenters. The van der Waals surface area contributed by atoms with Gasteiger partial charge in [-0.15, -0.1) is 0 Å². The van der Waals surface area contributed by atoms with Crippen LogP contribution >= 0.6 is 0 Å². The van der Waals surface area contributed by atoms with Gasteiger partial charge >= 0.3 is 0 Å². The van der Waals surface area contributed by atoms with Crippen LogP contribution in [0.1, 0.15) is 44.7 Å². The molecular weight excluding hydrogens is 419 g/mol. The summed E-state index contributed by atoms with van der Waals surface area (Å²) >= 11 is 0. The van der Waals surface area contributed by atoms with Crippen LogP contribution in [0.15, 0.2) is 48.8 Å². The van der Waals surface area contributed by atoms with E-state index in [2.05, 4.69) is 23.5 Å². The standard InChI is InChI=1S/C26H29FN4O2/c1-17-7-8-22-24(31(17)18(2)32)10-9-21(26(22)33-25-6-4-3-5-23(25)27)19-15-29-30(16-19)20-11-13-28-14-12-20/h3-6,9-10,15-17,20,28H,7-8,11-14H2,1-2H3/t17-/m0/s1. The number of fused-ring (bicyclic) bond motifs is 1. The molecular formula is C26H29FN4O2. The Hall–Kier alpha value is -3.19. The number of carbonyl (C=O) groups excluding carboxylic acids is 1. The first kappa shape index (κ1) is 21.6. The smallest absolute Gasteiger partial charge is 0.224 e. The van der Waals surface area contributed by atoms with Crippen LogP contribution in [0.25, 0.3) is 11.1 Å². The molecule has 0 saturated carbocycles. The highest BCUT2D eigenvalue weighted by Gasteiger charge is 2.30. The number of ether oxygens (including phenoxy) is 1. The summed E-state index contributed by atoms with van der Waals surface area (Å²) < 4.78 is 22.8. The lowest BCUT2D eigenvalue weighted by Crippen LogP contribution is -2.40. The Morgan fingerprint density at radius 3 is 2.70 bits per heavy atom.